The van der Waals surface area contributed by atoms with Gasteiger partial charge in [-0.05, 0) is 73.7 Å². The number of hydrogen-bond donors (Lipinski definition) is 1. The van der Waals surface area contributed by atoms with E-state index in [9.17, 15) is 9.59 Å². The number of amides is 2. The van der Waals surface area contributed by atoms with Crippen molar-refractivity contribution < 1.29 is 9.59 Å². The Balaban J connectivity index is 1.85. The first-order chi connectivity index (χ1) is 14.4. The summed E-state index contributed by atoms with van der Waals surface area (Å²) in [5.41, 5.74) is 7.12. The molecule has 3 aromatic carbocycles. The predicted molar refractivity (Wildman–Crippen MR) is 121 cm³/mol. The number of imide groups is 1. The zero-order chi connectivity index (χ0) is 21.4. The van der Waals surface area contributed by atoms with E-state index in [0.29, 0.717) is 17.0 Å². The maximum absolute atomic E-state index is 13.5. The van der Waals surface area contributed by atoms with Gasteiger partial charge in [-0.25, -0.2) is 4.90 Å². The van der Waals surface area contributed by atoms with Gasteiger partial charge >= 0.3 is 0 Å². The molecule has 4 heteroatoms. The van der Waals surface area contributed by atoms with Crippen LogP contribution in [0.1, 0.15) is 27.8 Å². The first kappa shape index (κ1) is 19.6. The second kappa shape index (κ2) is 7.64. The monoisotopic (exact) mass is 396 g/mol. The van der Waals surface area contributed by atoms with E-state index in [4.69, 9.17) is 0 Å². The Morgan fingerprint density at radius 2 is 1.43 bits per heavy atom. The Morgan fingerprint density at radius 1 is 0.700 bits per heavy atom. The SMILES string of the molecule is Cc1ccc(N2C(=O)C(Nc3cccc(C)c3C)=C(c3ccccc3)C2=O)cc1C. The molecule has 3 aromatic rings. The van der Waals surface area contributed by atoms with Crippen LogP contribution in [0, 0.1) is 27.7 Å². The minimum atomic E-state index is -0.344. The molecule has 0 atom stereocenters. The maximum Gasteiger partial charge on any atom is 0.282 e. The summed E-state index contributed by atoms with van der Waals surface area (Å²) in [6.07, 6.45) is 0. The third-order valence-electron chi connectivity index (χ3n) is 5.76. The van der Waals surface area contributed by atoms with Gasteiger partial charge in [0.05, 0.1) is 11.3 Å². The summed E-state index contributed by atoms with van der Waals surface area (Å²) in [6, 6.07) is 20.9. The topological polar surface area (TPSA) is 49.4 Å². The lowest BCUT2D eigenvalue weighted by Crippen LogP contribution is -2.32. The van der Waals surface area contributed by atoms with Crippen LogP contribution in [0.3, 0.4) is 0 Å². The molecule has 0 spiro atoms. The normalized spacial score (nSPS) is 13.9. The van der Waals surface area contributed by atoms with Gasteiger partial charge in [-0.2, -0.15) is 0 Å². The highest BCUT2D eigenvalue weighted by atomic mass is 16.2. The van der Waals surface area contributed by atoms with Crippen LogP contribution in [0.5, 0.6) is 0 Å². The summed E-state index contributed by atoms with van der Waals surface area (Å²) in [4.78, 5) is 28.2. The van der Waals surface area contributed by atoms with E-state index < -0.39 is 0 Å². The average molecular weight is 396 g/mol. The summed E-state index contributed by atoms with van der Waals surface area (Å²) in [5.74, 6) is -0.662. The van der Waals surface area contributed by atoms with Crippen LogP contribution in [-0.4, -0.2) is 11.8 Å². The van der Waals surface area contributed by atoms with Gasteiger partial charge in [-0.1, -0.05) is 48.5 Å². The molecule has 1 aliphatic heterocycles. The molecule has 1 heterocycles. The van der Waals surface area contributed by atoms with Crippen LogP contribution in [-0.2, 0) is 9.59 Å². The Hall–Kier alpha value is -3.66. The quantitative estimate of drug-likeness (QED) is 0.608. The highest BCUT2D eigenvalue weighted by Crippen LogP contribution is 2.35. The van der Waals surface area contributed by atoms with Crippen LogP contribution in [0.2, 0.25) is 0 Å². The number of rotatable bonds is 4. The van der Waals surface area contributed by atoms with Crippen molar-refractivity contribution in [2.24, 2.45) is 0 Å². The average Bonchev–Trinajstić information content (AvgIpc) is 2.98. The van der Waals surface area contributed by atoms with Gasteiger partial charge in [-0.3, -0.25) is 9.59 Å². The number of benzene rings is 3. The van der Waals surface area contributed by atoms with E-state index in [1.165, 1.54) is 4.90 Å². The molecular formula is C26H24N2O2. The second-order valence-electron chi connectivity index (χ2n) is 7.70. The Morgan fingerprint density at radius 3 is 2.13 bits per heavy atom. The Bertz CT molecular complexity index is 1190. The van der Waals surface area contributed by atoms with Gasteiger partial charge in [0, 0.05) is 5.69 Å². The molecule has 1 aliphatic rings. The molecule has 0 saturated carbocycles. The zero-order valence-electron chi connectivity index (χ0n) is 17.6. The van der Waals surface area contributed by atoms with Crippen molar-refractivity contribution in [1.82, 2.24) is 0 Å². The zero-order valence-corrected chi connectivity index (χ0v) is 17.6. The molecule has 4 rings (SSSR count). The van der Waals surface area contributed by atoms with Crippen molar-refractivity contribution in [3.63, 3.8) is 0 Å². The Kier molecular flexibility index (Phi) is 5.00. The number of carbonyl (C=O) groups is 2. The number of aryl methyl sites for hydroxylation is 3. The fraction of sp³-hybridized carbons (Fsp3) is 0.154. The number of nitrogens with zero attached hydrogens (tertiary/aromatic N) is 1. The molecule has 0 radical (unpaired) electrons. The van der Waals surface area contributed by atoms with Gasteiger partial charge in [0.1, 0.15) is 5.70 Å². The van der Waals surface area contributed by atoms with Gasteiger partial charge < -0.3 is 5.32 Å². The van der Waals surface area contributed by atoms with Crippen LogP contribution in [0.25, 0.3) is 5.57 Å². The molecular weight excluding hydrogens is 372 g/mol. The third kappa shape index (κ3) is 3.30. The molecule has 0 fully saturated rings. The second-order valence-corrected chi connectivity index (χ2v) is 7.70. The maximum atomic E-state index is 13.5. The standard InChI is InChI=1S/C26H24N2O2/c1-16-13-14-21(15-18(16)3)28-25(29)23(20-10-6-5-7-11-20)24(26(28)30)27-22-12-8-9-17(2)19(22)4/h5-15,27H,1-4H3. The molecule has 150 valence electrons. The van der Waals surface area contributed by atoms with Crippen molar-refractivity contribution in [2.45, 2.75) is 27.7 Å². The molecule has 0 aliphatic carbocycles. The fourth-order valence-electron chi connectivity index (χ4n) is 3.64. The molecule has 2 amide bonds. The van der Waals surface area contributed by atoms with E-state index in [2.05, 4.69) is 5.32 Å². The first-order valence-electron chi connectivity index (χ1n) is 9.97. The molecule has 0 bridgehead atoms. The van der Waals surface area contributed by atoms with Crippen LogP contribution >= 0.6 is 0 Å². The van der Waals surface area contributed by atoms with Crippen molar-refractivity contribution >= 4 is 28.8 Å². The van der Waals surface area contributed by atoms with Crippen molar-refractivity contribution in [3.8, 4) is 0 Å². The summed E-state index contributed by atoms with van der Waals surface area (Å²) < 4.78 is 0. The molecule has 0 saturated heterocycles. The lowest BCUT2D eigenvalue weighted by molar-refractivity contribution is -0.120. The summed E-state index contributed by atoms with van der Waals surface area (Å²) in [5, 5.41) is 3.27. The fourth-order valence-corrected chi connectivity index (χ4v) is 3.64. The number of carbonyl (C=O) groups excluding carboxylic acids is 2. The van der Waals surface area contributed by atoms with Crippen molar-refractivity contribution in [3.05, 3.63) is 100 Å². The number of anilines is 2. The third-order valence-corrected chi connectivity index (χ3v) is 5.76. The number of hydrogen-bond acceptors (Lipinski definition) is 3. The summed E-state index contributed by atoms with van der Waals surface area (Å²) in [7, 11) is 0. The molecule has 0 aromatic heterocycles. The molecule has 1 N–H and O–H groups in total. The van der Waals surface area contributed by atoms with E-state index in [0.717, 1.165) is 33.5 Å². The van der Waals surface area contributed by atoms with Gasteiger partial charge in [0.25, 0.3) is 11.8 Å². The van der Waals surface area contributed by atoms with Crippen LogP contribution < -0.4 is 10.2 Å². The highest BCUT2D eigenvalue weighted by molar-refractivity contribution is 6.46. The minimum absolute atomic E-state index is 0.304. The van der Waals surface area contributed by atoms with Crippen LogP contribution in [0.4, 0.5) is 11.4 Å². The van der Waals surface area contributed by atoms with Gasteiger partial charge in [-0.15, -0.1) is 0 Å². The predicted octanol–water partition coefficient (Wildman–Crippen LogP) is 5.32. The Labute approximate surface area is 176 Å². The van der Waals surface area contributed by atoms with Crippen LogP contribution in [0.15, 0.2) is 72.4 Å². The van der Waals surface area contributed by atoms with E-state index >= 15 is 0 Å². The first-order valence-corrected chi connectivity index (χ1v) is 9.97. The van der Waals surface area contributed by atoms with Gasteiger partial charge in [0.15, 0.2) is 0 Å². The smallest absolute Gasteiger partial charge is 0.282 e. The van der Waals surface area contributed by atoms with E-state index in [-0.39, 0.29) is 11.8 Å². The van der Waals surface area contributed by atoms with E-state index in [1.54, 1.807) is 0 Å². The van der Waals surface area contributed by atoms with Crippen molar-refractivity contribution in [2.75, 3.05) is 10.2 Å². The minimum Gasteiger partial charge on any atom is -0.350 e. The van der Waals surface area contributed by atoms with E-state index in [1.807, 2.05) is 94.4 Å². The molecule has 4 nitrogen and oxygen atoms in total. The highest BCUT2D eigenvalue weighted by Gasteiger charge is 2.40. The molecule has 30 heavy (non-hydrogen) atoms. The number of nitrogens with one attached hydrogen (secondary N) is 1. The molecule has 0 unspecified atom stereocenters. The van der Waals surface area contributed by atoms with Crippen molar-refractivity contribution in [1.29, 1.82) is 0 Å². The summed E-state index contributed by atoms with van der Waals surface area (Å²) in [6.45, 7) is 8.01. The lowest BCUT2D eigenvalue weighted by atomic mass is 10.0. The van der Waals surface area contributed by atoms with Gasteiger partial charge in [0.2, 0.25) is 0 Å². The largest absolute Gasteiger partial charge is 0.350 e. The lowest BCUT2D eigenvalue weighted by Gasteiger charge is -2.17. The summed E-state index contributed by atoms with van der Waals surface area (Å²) >= 11 is 0.